The molecule has 1 aromatic heterocycles. The van der Waals surface area contributed by atoms with Gasteiger partial charge in [0.05, 0.1) is 13.2 Å². The monoisotopic (exact) mass is 286 g/mol. The van der Waals surface area contributed by atoms with Crippen LogP contribution in [0.2, 0.25) is 0 Å². The zero-order valence-electron chi connectivity index (χ0n) is 12.2. The van der Waals surface area contributed by atoms with Crippen LogP contribution in [0.15, 0.2) is 48.7 Å². The lowest BCUT2D eigenvalue weighted by Gasteiger charge is -2.08. The Hall–Kier alpha value is -1.91. The molecule has 0 aliphatic rings. The Kier molecular flexibility index (Phi) is 6.71. The lowest BCUT2D eigenvalue weighted by molar-refractivity contribution is 0.121. The molecule has 0 aliphatic heterocycles. The van der Waals surface area contributed by atoms with E-state index in [-0.39, 0.29) is 0 Å². The van der Waals surface area contributed by atoms with Crippen LogP contribution in [0.5, 0.6) is 5.75 Å². The number of hydrogen-bond donors (Lipinski definition) is 1. The molecule has 2 aromatic rings. The van der Waals surface area contributed by atoms with Crippen LogP contribution in [0, 0.1) is 0 Å². The third-order valence-electron chi connectivity index (χ3n) is 3.06. The normalized spacial score (nSPS) is 10.5. The second-order valence-electron chi connectivity index (χ2n) is 4.74. The zero-order chi connectivity index (χ0) is 14.8. The van der Waals surface area contributed by atoms with Crippen LogP contribution in [-0.4, -0.2) is 24.8 Å². The summed E-state index contributed by atoms with van der Waals surface area (Å²) in [7, 11) is 0. The molecule has 21 heavy (non-hydrogen) atoms. The Morgan fingerprint density at radius 3 is 2.76 bits per heavy atom. The van der Waals surface area contributed by atoms with Crippen LogP contribution in [0.25, 0.3) is 0 Å². The third-order valence-corrected chi connectivity index (χ3v) is 3.06. The highest BCUT2D eigenvalue weighted by atomic mass is 16.5. The summed E-state index contributed by atoms with van der Waals surface area (Å²) >= 11 is 0. The van der Waals surface area contributed by atoms with E-state index >= 15 is 0 Å². The Labute approximate surface area is 125 Å². The number of ether oxygens (including phenoxy) is 2. The maximum Gasteiger partial charge on any atom is 0.119 e. The molecule has 0 fully saturated rings. The summed E-state index contributed by atoms with van der Waals surface area (Å²) in [6.45, 7) is 2.58. The van der Waals surface area contributed by atoms with Crippen molar-refractivity contribution in [1.29, 1.82) is 0 Å². The molecule has 0 saturated heterocycles. The van der Waals surface area contributed by atoms with E-state index in [4.69, 9.17) is 15.2 Å². The van der Waals surface area contributed by atoms with E-state index in [0.29, 0.717) is 26.4 Å². The molecule has 0 amide bonds. The minimum atomic E-state index is 0.536. The molecule has 0 aliphatic carbocycles. The quantitative estimate of drug-likeness (QED) is 0.720. The Balaban J connectivity index is 1.54. The maximum atomic E-state index is 5.67. The molecule has 0 unspecified atom stereocenters. The van der Waals surface area contributed by atoms with Crippen molar-refractivity contribution in [2.75, 3.05) is 19.8 Å². The fourth-order valence-electron chi connectivity index (χ4n) is 1.94. The van der Waals surface area contributed by atoms with Crippen LogP contribution >= 0.6 is 0 Å². The van der Waals surface area contributed by atoms with E-state index in [1.807, 2.05) is 42.5 Å². The first-order chi connectivity index (χ1) is 10.4. The van der Waals surface area contributed by atoms with Gasteiger partial charge in [0.25, 0.3) is 0 Å². The van der Waals surface area contributed by atoms with Crippen LogP contribution in [0.1, 0.15) is 17.7 Å². The molecule has 0 saturated carbocycles. The summed E-state index contributed by atoms with van der Waals surface area (Å²) < 4.78 is 11.2. The summed E-state index contributed by atoms with van der Waals surface area (Å²) in [5.74, 6) is 0.867. The van der Waals surface area contributed by atoms with Crippen molar-refractivity contribution in [1.82, 2.24) is 4.98 Å². The van der Waals surface area contributed by atoms with Crippen LogP contribution in [0.4, 0.5) is 0 Å². The number of aromatic nitrogens is 1. The number of pyridine rings is 1. The molecular formula is C17H22N2O2. The van der Waals surface area contributed by atoms with Gasteiger partial charge in [-0.05, 0) is 29.8 Å². The number of nitrogens with zero attached hydrogens (tertiary/aromatic N) is 1. The van der Waals surface area contributed by atoms with Crippen molar-refractivity contribution < 1.29 is 9.47 Å². The Morgan fingerprint density at radius 2 is 1.95 bits per heavy atom. The Morgan fingerprint density at radius 1 is 1.00 bits per heavy atom. The van der Waals surface area contributed by atoms with Crippen LogP contribution < -0.4 is 10.5 Å². The molecule has 1 aromatic carbocycles. The fraction of sp³-hybridized carbons (Fsp3) is 0.353. The van der Waals surface area contributed by atoms with Gasteiger partial charge in [-0.3, -0.25) is 4.98 Å². The largest absolute Gasteiger partial charge is 0.493 e. The standard InChI is InChI=1S/C17H22N2O2/c18-14-15-5-3-7-17(13-15)21-11-4-10-20-12-8-16-6-1-2-9-19-16/h1-3,5-7,9,13H,4,8,10-12,14,18H2. The van der Waals surface area contributed by atoms with Gasteiger partial charge in [0, 0.05) is 37.9 Å². The highest BCUT2D eigenvalue weighted by Gasteiger charge is 1.97. The van der Waals surface area contributed by atoms with Gasteiger partial charge in [0.15, 0.2) is 0 Å². The molecule has 4 heteroatoms. The van der Waals surface area contributed by atoms with Gasteiger partial charge in [-0.15, -0.1) is 0 Å². The predicted molar refractivity (Wildman–Crippen MR) is 83.2 cm³/mol. The smallest absolute Gasteiger partial charge is 0.119 e. The third kappa shape index (κ3) is 5.94. The minimum Gasteiger partial charge on any atom is -0.493 e. The highest BCUT2D eigenvalue weighted by molar-refractivity contribution is 5.28. The van der Waals surface area contributed by atoms with Gasteiger partial charge in [-0.1, -0.05) is 18.2 Å². The second kappa shape index (κ2) is 9.10. The summed E-state index contributed by atoms with van der Waals surface area (Å²) in [5.41, 5.74) is 7.74. The van der Waals surface area contributed by atoms with Gasteiger partial charge in [-0.25, -0.2) is 0 Å². The summed E-state index contributed by atoms with van der Waals surface area (Å²) in [6.07, 6.45) is 3.52. The van der Waals surface area contributed by atoms with Crippen LogP contribution in [-0.2, 0) is 17.7 Å². The maximum absolute atomic E-state index is 5.67. The van der Waals surface area contributed by atoms with Crippen LogP contribution in [0.3, 0.4) is 0 Å². The van der Waals surface area contributed by atoms with E-state index in [1.165, 1.54) is 0 Å². The van der Waals surface area contributed by atoms with Crippen molar-refractivity contribution in [3.63, 3.8) is 0 Å². The summed E-state index contributed by atoms with van der Waals surface area (Å²) in [6, 6.07) is 13.8. The molecule has 1 heterocycles. The molecule has 4 nitrogen and oxygen atoms in total. The van der Waals surface area contributed by atoms with Gasteiger partial charge >= 0.3 is 0 Å². The molecule has 2 rings (SSSR count). The summed E-state index contributed by atoms with van der Waals surface area (Å²) in [5, 5.41) is 0. The average Bonchev–Trinajstić information content (AvgIpc) is 2.55. The SMILES string of the molecule is NCc1cccc(OCCCOCCc2ccccn2)c1. The topological polar surface area (TPSA) is 57.4 Å². The molecule has 112 valence electrons. The first kappa shape index (κ1) is 15.5. The van der Waals surface area contributed by atoms with Crippen molar-refractivity contribution in [3.8, 4) is 5.75 Å². The molecular weight excluding hydrogens is 264 g/mol. The van der Waals surface area contributed by atoms with E-state index in [2.05, 4.69) is 4.98 Å². The first-order valence-corrected chi connectivity index (χ1v) is 7.28. The molecule has 0 bridgehead atoms. The number of hydrogen-bond acceptors (Lipinski definition) is 4. The number of benzene rings is 1. The Bertz CT molecular complexity index is 517. The van der Waals surface area contributed by atoms with Gasteiger partial charge in [-0.2, -0.15) is 0 Å². The van der Waals surface area contributed by atoms with Crippen molar-refractivity contribution >= 4 is 0 Å². The van der Waals surface area contributed by atoms with E-state index in [9.17, 15) is 0 Å². The summed E-state index contributed by atoms with van der Waals surface area (Å²) in [4.78, 5) is 4.25. The second-order valence-corrected chi connectivity index (χ2v) is 4.74. The van der Waals surface area contributed by atoms with Crippen molar-refractivity contribution in [2.24, 2.45) is 5.73 Å². The lowest BCUT2D eigenvalue weighted by atomic mass is 10.2. The van der Waals surface area contributed by atoms with Gasteiger partial charge in [0.1, 0.15) is 5.75 Å². The fourth-order valence-corrected chi connectivity index (χ4v) is 1.94. The van der Waals surface area contributed by atoms with Gasteiger partial charge in [0.2, 0.25) is 0 Å². The highest BCUT2D eigenvalue weighted by Crippen LogP contribution is 2.12. The first-order valence-electron chi connectivity index (χ1n) is 7.28. The zero-order valence-corrected chi connectivity index (χ0v) is 12.2. The van der Waals surface area contributed by atoms with E-state index in [0.717, 1.165) is 29.8 Å². The minimum absolute atomic E-state index is 0.536. The number of rotatable bonds is 9. The molecule has 0 radical (unpaired) electrons. The molecule has 0 spiro atoms. The molecule has 0 atom stereocenters. The van der Waals surface area contributed by atoms with Gasteiger partial charge < -0.3 is 15.2 Å². The van der Waals surface area contributed by atoms with Crippen molar-refractivity contribution in [3.05, 3.63) is 59.9 Å². The average molecular weight is 286 g/mol. The van der Waals surface area contributed by atoms with Crippen molar-refractivity contribution in [2.45, 2.75) is 19.4 Å². The van der Waals surface area contributed by atoms with E-state index in [1.54, 1.807) is 6.20 Å². The van der Waals surface area contributed by atoms with E-state index < -0.39 is 0 Å². The molecule has 2 N–H and O–H groups in total. The lowest BCUT2D eigenvalue weighted by Crippen LogP contribution is -2.06. The predicted octanol–water partition coefficient (Wildman–Crippen LogP) is 2.57. The number of nitrogens with two attached hydrogens (primary N) is 1.